The summed E-state index contributed by atoms with van der Waals surface area (Å²) in [5.41, 5.74) is 3.52. The van der Waals surface area contributed by atoms with Crippen molar-refractivity contribution in [1.29, 1.82) is 5.26 Å². The third-order valence-electron chi connectivity index (χ3n) is 6.54. The molecule has 36 heavy (non-hydrogen) atoms. The van der Waals surface area contributed by atoms with Crippen molar-refractivity contribution in [3.8, 4) is 28.3 Å². The summed E-state index contributed by atoms with van der Waals surface area (Å²) in [6, 6.07) is 8.32. The minimum Gasteiger partial charge on any atom is -0.381 e. The average molecular weight is 485 g/mol. The van der Waals surface area contributed by atoms with E-state index in [-0.39, 0.29) is 11.9 Å². The van der Waals surface area contributed by atoms with E-state index >= 15 is 0 Å². The smallest absolute Gasteiger partial charge is 0.251 e. The molecule has 1 aliphatic heterocycles. The number of aromatic nitrogens is 5. The van der Waals surface area contributed by atoms with Crippen LogP contribution in [0.1, 0.15) is 32.3 Å². The summed E-state index contributed by atoms with van der Waals surface area (Å²) >= 11 is 0. The molecule has 5 heterocycles. The fourth-order valence-electron chi connectivity index (χ4n) is 4.50. The molecule has 5 rings (SSSR count). The van der Waals surface area contributed by atoms with Crippen molar-refractivity contribution in [1.82, 2.24) is 29.7 Å². The second kappa shape index (κ2) is 9.09. The highest BCUT2D eigenvalue weighted by Gasteiger charge is 2.28. The Balaban J connectivity index is 1.39. The van der Waals surface area contributed by atoms with Crippen molar-refractivity contribution in [3.05, 3.63) is 54.7 Å². The SMILES string of the molecule is Cn1cc(-c2cc(-c3ccc(N4CCC(NC(=O)C(C)(C)O)CC4)nc3)c3c(C#N)cnn3c2)cn1. The van der Waals surface area contributed by atoms with E-state index in [1.165, 1.54) is 13.8 Å². The predicted molar refractivity (Wildman–Crippen MR) is 135 cm³/mol. The molecular formula is C26H28N8O2. The van der Waals surface area contributed by atoms with Gasteiger partial charge in [0.05, 0.1) is 23.5 Å². The number of carbonyl (C=O) groups is 1. The van der Waals surface area contributed by atoms with Crippen LogP contribution in [0.3, 0.4) is 0 Å². The Morgan fingerprint density at radius 2 is 1.89 bits per heavy atom. The van der Waals surface area contributed by atoms with Crippen LogP contribution in [-0.4, -0.2) is 60.1 Å². The number of amides is 1. The van der Waals surface area contributed by atoms with Crippen LogP contribution in [0.25, 0.3) is 27.8 Å². The molecule has 0 bridgehead atoms. The zero-order valence-electron chi connectivity index (χ0n) is 20.5. The van der Waals surface area contributed by atoms with E-state index in [0.717, 1.165) is 59.5 Å². The van der Waals surface area contributed by atoms with Gasteiger partial charge in [-0.2, -0.15) is 15.5 Å². The molecule has 0 aliphatic carbocycles. The first-order valence-corrected chi connectivity index (χ1v) is 11.9. The number of piperidine rings is 1. The maximum atomic E-state index is 12.1. The van der Waals surface area contributed by atoms with Crippen LogP contribution in [0.5, 0.6) is 0 Å². The Morgan fingerprint density at radius 1 is 1.11 bits per heavy atom. The van der Waals surface area contributed by atoms with E-state index in [4.69, 9.17) is 4.98 Å². The molecule has 10 heteroatoms. The third kappa shape index (κ3) is 4.53. The molecule has 0 aromatic carbocycles. The first-order valence-electron chi connectivity index (χ1n) is 11.9. The third-order valence-corrected chi connectivity index (χ3v) is 6.54. The lowest BCUT2D eigenvalue weighted by molar-refractivity contribution is -0.137. The number of fused-ring (bicyclic) bond motifs is 1. The maximum absolute atomic E-state index is 12.1. The Morgan fingerprint density at radius 3 is 2.50 bits per heavy atom. The number of hydrogen-bond donors (Lipinski definition) is 2. The van der Waals surface area contributed by atoms with Crippen molar-refractivity contribution in [2.24, 2.45) is 7.05 Å². The topological polar surface area (TPSA) is 124 Å². The standard InChI is InChI=1S/C26H28N8O2/c1-26(2,36)25(35)31-21-6-8-33(9-7-21)23-5-4-17(12-28-23)22-10-18(20-14-29-32(3)15-20)16-34-24(22)19(11-27)13-30-34/h4-5,10,12-16,21,36H,6-9H2,1-3H3,(H,31,35). The number of anilines is 1. The molecule has 0 spiro atoms. The second-order valence-electron chi connectivity index (χ2n) is 9.71. The maximum Gasteiger partial charge on any atom is 0.251 e. The number of nitrogens with one attached hydrogen (secondary N) is 1. The summed E-state index contributed by atoms with van der Waals surface area (Å²) in [5.74, 6) is 0.513. The lowest BCUT2D eigenvalue weighted by Crippen LogP contribution is -2.50. The van der Waals surface area contributed by atoms with Gasteiger partial charge in [0.15, 0.2) is 0 Å². The van der Waals surface area contributed by atoms with Crippen LogP contribution < -0.4 is 10.2 Å². The van der Waals surface area contributed by atoms with Crippen LogP contribution >= 0.6 is 0 Å². The van der Waals surface area contributed by atoms with E-state index in [1.807, 2.05) is 43.8 Å². The van der Waals surface area contributed by atoms with Gasteiger partial charge in [-0.15, -0.1) is 0 Å². The summed E-state index contributed by atoms with van der Waals surface area (Å²) in [6.45, 7) is 4.50. The van der Waals surface area contributed by atoms with Gasteiger partial charge in [0.25, 0.3) is 5.91 Å². The fraction of sp³-hybridized carbons (Fsp3) is 0.346. The van der Waals surface area contributed by atoms with Crippen molar-refractivity contribution in [3.63, 3.8) is 0 Å². The average Bonchev–Trinajstić information content (AvgIpc) is 3.49. The van der Waals surface area contributed by atoms with E-state index in [2.05, 4.69) is 26.5 Å². The zero-order chi connectivity index (χ0) is 25.4. The Kier molecular flexibility index (Phi) is 5.94. The number of aryl methyl sites for hydroxylation is 1. The van der Waals surface area contributed by atoms with E-state index in [9.17, 15) is 15.2 Å². The van der Waals surface area contributed by atoms with Gasteiger partial charge in [-0.3, -0.25) is 9.48 Å². The molecule has 10 nitrogen and oxygen atoms in total. The van der Waals surface area contributed by atoms with Crippen LogP contribution in [-0.2, 0) is 11.8 Å². The fourth-order valence-corrected chi connectivity index (χ4v) is 4.50. The number of carbonyl (C=O) groups excluding carboxylic acids is 1. The van der Waals surface area contributed by atoms with Gasteiger partial charge in [0, 0.05) is 67.0 Å². The summed E-state index contributed by atoms with van der Waals surface area (Å²) < 4.78 is 3.48. The monoisotopic (exact) mass is 484 g/mol. The molecular weight excluding hydrogens is 456 g/mol. The lowest BCUT2D eigenvalue weighted by atomic mass is 10.0. The Bertz CT molecular complexity index is 1450. The van der Waals surface area contributed by atoms with Crippen LogP contribution in [0.15, 0.2) is 49.2 Å². The first kappa shape index (κ1) is 23.5. The highest BCUT2D eigenvalue weighted by atomic mass is 16.3. The minimum atomic E-state index is -1.38. The van der Waals surface area contributed by atoms with E-state index in [0.29, 0.717) is 5.56 Å². The van der Waals surface area contributed by atoms with Gasteiger partial charge in [0.1, 0.15) is 17.5 Å². The van der Waals surface area contributed by atoms with Gasteiger partial charge < -0.3 is 15.3 Å². The van der Waals surface area contributed by atoms with E-state index in [1.54, 1.807) is 21.6 Å². The zero-order valence-corrected chi connectivity index (χ0v) is 20.5. The quantitative estimate of drug-likeness (QED) is 0.446. The molecule has 1 saturated heterocycles. The molecule has 1 amide bonds. The molecule has 184 valence electrons. The van der Waals surface area contributed by atoms with Gasteiger partial charge in [0.2, 0.25) is 0 Å². The largest absolute Gasteiger partial charge is 0.381 e. The lowest BCUT2D eigenvalue weighted by Gasteiger charge is -2.34. The number of rotatable bonds is 5. The van der Waals surface area contributed by atoms with E-state index < -0.39 is 5.60 Å². The molecule has 0 atom stereocenters. The van der Waals surface area contributed by atoms with Gasteiger partial charge in [-0.1, -0.05) is 0 Å². The predicted octanol–water partition coefficient (Wildman–Crippen LogP) is 2.52. The Labute approximate surface area is 208 Å². The number of pyridine rings is 2. The number of aliphatic hydroxyl groups is 1. The summed E-state index contributed by atoms with van der Waals surface area (Å²) in [6.07, 6.45) is 10.6. The molecule has 0 saturated carbocycles. The molecule has 1 fully saturated rings. The molecule has 2 N–H and O–H groups in total. The Hall–Kier alpha value is -4.23. The minimum absolute atomic E-state index is 0.0363. The molecule has 4 aromatic heterocycles. The van der Waals surface area contributed by atoms with Gasteiger partial charge >= 0.3 is 0 Å². The molecule has 1 aliphatic rings. The van der Waals surface area contributed by atoms with Gasteiger partial charge in [-0.05, 0) is 44.9 Å². The number of hydrogen-bond acceptors (Lipinski definition) is 7. The highest BCUT2D eigenvalue weighted by molar-refractivity contribution is 5.87. The van der Waals surface area contributed by atoms with Crippen LogP contribution in [0.4, 0.5) is 5.82 Å². The molecule has 4 aromatic rings. The second-order valence-corrected chi connectivity index (χ2v) is 9.71. The summed E-state index contributed by atoms with van der Waals surface area (Å²) in [7, 11) is 1.87. The number of nitriles is 1. The van der Waals surface area contributed by atoms with Crippen molar-refractivity contribution in [2.75, 3.05) is 18.0 Å². The van der Waals surface area contributed by atoms with Crippen LogP contribution in [0, 0.1) is 11.3 Å². The highest BCUT2D eigenvalue weighted by Crippen LogP contribution is 2.32. The molecule has 0 unspecified atom stereocenters. The van der Waals surface area contributed by atoms with Crippen LogP contribution in [0.2, 0.25) is 0 Å². The van der Waals surface area contributed by atoms with Crippen molar-refractivity contribution < 1.29 is 9.90 Å². The van der Waals surface area contributed by atoms with Gasteiger partial charge in [-0.25, -0.2) is 9.50 Å². The summed E-state index contributed by atoms with van der Waals surface area (Å²) in [4.78, 5) is 19.0. The number of nitrogens with zero attached hydrogens (tertiary/aromatic N) is 7. The van der Waals surface area contributed by atoms with Crippen molar-refractivity contribution in [2.45, 2.75) is 38.3 Å². The van der Waals surface area contributed by atoms with Crippen molar-refractivity contribution >= 4 is 17.2 Å². The normalized spacial score (nSPS) is 14.7. The first-order chi connectivity index (χ1) is 17.2. The summed E-state index contributed by atoms with van der Waals surface area (Å²) in [5, 5.41) is 31.1. The molecule has 0 radical (unpaired) electrons.